The van der Waals surface area contributed by atoms with E-state index < -0.39 is 0 Å². The minimum absolute atomic E-state index is 0.764. The minimum Gasteiger partial charge on any atom is -0.278 e. The SMILES string of the molecule is c1ccc2c(c1)-c1cccc3c(-c4nnc(-n5c6ccccc6c6ccccc65)n4-c4ccc5c6c(cccc46)-c4ccccc4-5)ccc-2c13. The molecule has 50 heavy (non-hydrogen) atoms. The van der Waals surface area contributed by atoms with Crippen LogP contribution in [0.4, 0.5) is 0 Å². The summed E-state index contributed by atoms with van der Waals surface area (Å²) in [6.45, 7) is 0. The van der Waals surface area contributed by atoms with E-state index in [-0.39, 0.29) is 0 Å². The van der Waals surface area contributed by atoms with E-state index in [0.717, 1.165) is 34.1 Å². The summed E-state index contributed by atoms with van der Waals surface area (Å²) in [7, 11) is 0. The van der Waals surface area contributed by atoms with Gasteiger partial charge in [-0.3, -0.25) is 9.13 Å². The summed E-state index contributed by atoms with van der Waals surface area (Å²) < 4.78 is 4.59. The molecule has 2 heterocycles. The van der Waals surface area contributed by atoms with Crippen LogP contribution in [0.1, 0.15) is 0 Å². The monoisotopic (exact) mass is 634 g/mol. The van der Waals surface area contributed by atoms with Gasteiger partial charge in [0, 0.05) is 21.7 Å². The number of aromatic nitrogens is 4. The Labute approximate surface area is 287 Å². The van der Waals surface area contributed by atoms with Gasteiger partial charge in [-0.25, -0.2) is 0 Å². The van der Waals surface area contributed by atoms with Crippen LogP contribution in [-0.4, -0.2) is 19.3 Å². The predicted molar refractivity (Wildman–Crippen MR) is 205 cm³/mol. The normalized spacial score (nSPS) is 12.4. The van der Waals surface area contributed by atoms with Crippen LogP contribution >= 0.6 is 0 Å². The fourth-order valence-electron chi connectivity index (χ4n) is 8.95. The van der Waals surface area contributed by atoms with E-state index in [9.17, 15) is 0 Å². The molecule has 2 aliphatic rings. The molecular formula is C46H26N4. The largest absolute Gasteiger partial charge is 0.278 e. The molecule has 0 saturated heterocycles. The molecular weight excluding hydrogens is 609 g/mol. The Morgan fingerprint density at radius 3 is 1.36 bits per heavy atom. The molecule has 0 N–H and O–H groups in total. The standard InChI is InChI=1S/C46H26N4/c1-3-13-29-27(11-1)33-17-9-19-35-38(24-23-36(29)43(33)35)45-47-48-46(49-40-21-7-5-15-31(40)32-16-6-8-22-41(32)49)50(45)42-26-25-37-30-14-4-2-12-28(30)34-18-10-20-39(42)44(34)37/h1-26H. The molecule has 0 spiro atoms. The Bertz CT molecular complexity index is 2990. The van der Waals surface area contributed by atoms with Crippen molar-refractivity contribution < 1.29 is 0 Å². The molecule has 8 aromatic carbocycles. The molecule has 4 nitrogen and oxygen atoms in total. The smallest absolute Gasteiger partial charge is 0.241 e. The molecule has 0 fully saturated rings. The number of fused-ring (bicyclic) bond motifs is 9. The molecule has 10 aromatic rings. The van der Waals surface area contributed by atoms with Crippen molar-refractivity contribution in [2.45, 2.75) is 0 Å². The van der Waals surface area contributed by atoms with Gasteiger partial charge in [0.05, 0.1) is 16.7 Å². The minimum atomic E-state index is 0.764. The molecule has 0 aliphatic heterocycles. The highest BCUT2D eigenvalue weighted by atomic mass is 15.4. The van der Waals surface area contributed by atoms with Crippen molar-refractivity contribution in [1.82, 2.24) is 19.3 Å². The maximum atomic E-state index is 5.11. The Morgan fingerprint density at radius 1 is 0.300 bits per heavy atom. The number of rotatable bonds is 3. The molecule has 0 saturated carbocycles. The van der Waals surface area contributed by atoms with Gasteiger partial charge in [0.2, 0.25) is 5.95 Å². The third-order valence-corrected chi connectivity index (χ3v) is 11.0. The molecule has 0 atom stereocenters. The lowest BCUT2D eigenvalue weighted by molar-refractivity contribution is 0.937. The van der Waals surface area contributed by atoms with Gasteiger partial charge in [0.1, 0.15) is 0 Å². The number of hydrogen-bond donors (Lipinski definition) is 0. The van der Waals surface area contributed by atoms with E-state index in [4.69, 9.17) is 10.2 Å². The first-order valence-corrected chi connectivity index (χ1v) is 17.1. The second-order valence-electron chi connectivity index (χ2n) is 13.4. The average molecular weight is 635 g/mol. The van der Waals surface area contributed by atoms with Crippen molar-refractivity contribution in [3.05, 3.63) is 158 Å². The number of benzene rings is 8. The van der Waals surface area contributed by atoms with Crippen LogP contribution in [0.3, 0.4) is 0 Å². The van der Waals surface area contributed by atoms with Gasteiger partial charge in [-0.05, 0) is 84.9 Å². The zero-order valence-electron chi connectivity index (χ0n) is 26.8. The summed E-state index contributed by atoms with van der Waals surface area (Å²) in [5.41, 5.74) is 14.5. The van der Waals surface area contributed by atoms with Gasteiger partial charge >= 0.3 is 0 Å². The summed E-state index contributed by atoms with van der Waals surface area (Å²) in [6.07, 6.45) is 0. The van der Waals surface area contributed by atoms with E-state index in [1.54, 1.807) is 0 Å². The lowest BCUT2D eigenvalue weighted by Crippen LogP contribution is -2.07. The molecule has 230 valence electrons. The second kappa shape index (κ2) is 9.43. The van der Waals surface area contributed by atoms with Crippen LogP contribution in [-0.2, 0) is 0 Å². The lowest BCUT2D eigenvalue weighted by Gasteiger charge is -2.17. The molecule has 2 aromatic heterocycles. The van der Waals surface area contributed by atoms with Crippen molar-refractivity contribution >= 4 is 43.4 Å². The van der Waals surface area contributed by atoms with Crippen LogP contribution in [0.25, 0.3) is 111 Å². The van der Waals surface area contributed by atoms with Gasteiger partial charge in [-0.1, -0.05) is 133 Å². The summed E-state index contributed by atoms with van der Waals surface area (Å²) in [4.78, 5) is 0. The first-order valence-electron chi connectivity index (χ1n) is 17.1. The quantitative estimate of drug-likeness (QED) is 0.194. The topological polar surface area (TPSA) is 35.6 Å². The first-order chi connectivity index (χ1) is 24.8. The maximum Gasteiger partial charge on any atom is 0.241 e. The van der Waals surface area contributed by atoms with Gasteiger partial charge in [0.15, 0.2) is 5.82 Å². The molecule has 4 heteroatoms. The van der Waals surface area contributed by atoms with E-state index in [2.05, 4.69) is 167 Å². The zero-order chi connectivity index (χ0) is 32.5. The predicted octanol–water partition coefficient (Wildman–Crippen LogP) is 11.6. The van der Waals surface area contributed by atoms with Crippen molar-refractivity contribution in [1.29, 1.82) is 0 Å². The number of hydrogen-bond acceptors (Lipinski definition) is 2. The molecule has 12 rings (SSSR count). The van der Waals surface area contributed by atoms with Crippen LogP contribution in [0.5, 0.6) is 0 Å². The third-order valence-electron chi connectivity index (χ3n) is 11.0. The van der Waals surface area contributed by atoms with Gasteiger partial charge in [0.25, 0.3) is 0 Å². The first kappa shape index (κ1) is 26.2. The molecule has 0 radical (unpaired) electrons. The van der Waals surface area contributed by atoms with Crippen molar-refractivity contribution in [3.63, 3.8) is 0 Å². The highest BCUT2D eigenvalue weighted by molar-refractivity contribution is 6.20. The van der Waals surface area contributed by atoms with Crippen LogP contribution in [0.2, 0.25) is 0 Å². The van der Waals surface area contributed by atoms with Crippen LogP contribution in [0.15, 0.2) is 158 Å². The highest BCUT2D eigenvalue weighted by Gasteiger charge is 2.29. The van der Waals surface area contributed by atoms with E-state index in [1.807, 2.05) is 0 Å². The highest BCUT2D eigenvalue weighted by Crippen LogP contribution is 2.51. The molecule has 0 unspecified atom stereocenters. The number of nitrogens with zero attached hydrogens (tertiary/aromatic N) is 4. The van der Waals surface area contributed by atoms with Crippen molar-refractivity contribution in [3.8, 4) is 67.5 Å². The second-order valence-corrected chi connectivity index (χ2v) is 13.4. The van der Waals surface area contributed by atoms with Gasteiger partial charge < -0.3 is 0 Å². The van der Waals surface area contributed by atoms with Crippen molar-refractivity contribution in [2.24, 2.45) is 0 Å². The summed E-state index contributed by atoms with van der Waals surface area (Å²) in [6, 6.07) is 57.1. The van der Waals surface area contributed by atoms with Crippen LogP contribution in [0, 0.1) is 0 Å². The fourth-order valence-corrected chi connectivity index (χ4v) is 8.95. The van der Waals surface area contributed by atoms with Crippen LogP contribution < -0.4 is 0 Å². The van der Waals surface area contributed by atoms with E-state index in [1.165, 1.54) is 76.8 Å². The molecule has 0 amide bonds. The van der Waals surface area contributed by atoms with Crippen molar-refractivity contribution in [2.75, 3.05) is 0 Å². The Kier molecular flexibility index (Phi) is 4.94. The lowest BCUT2D eigenvalue weighted by atomic mass is 9.97. The Hall–Kier alpha value is -6.78. The fraction of sp³-hybridized carbons (Fsp3) is 0. The Balaban J connectivity index is 1.22. The average Bonchev–Trinajstić information content (AvgIpc) is 3.93. The number of para-hydroxylation sites is 2. The Morgan fingerprint density at radius 2 is 0.740 bits per heavy atom. The molecule has 2 aliphatic carbocycles. The zero-order valence-corrected chi connectivity index (χ0v) is 26.8. The van der Waals surface area contributed by atoms with E-state index >= 15 is 0 Å². The maximum absolute atomic E-state index is 5.11. The third kappa shape index (κ3) is 3.21. The van der Waals surface area contributed by atoms with E-state index in [0.29, 0.717) is 0 Å². The van der Waals surface area contributed by atoms with Gasteiger partial charge in [-0.15, -0.1) is 10.2 Å². The summed E-state index contributed by atoms with van der Waals surface area (Å²) in [5, 5.41) is 17.5. The molecule has 0 bridgehead atoms. The van der Waals surface area contributed by atoms with Gasteiger partial charge in [-0.2, -0.15) is 0 Å². The summed E-state index contributed by atoms with van der Waals surface area (Å²) >= 11 is 0. The summed E-state index contributed by atoms with van der Waals surface area (Å²) in [5.74, 6) is 1.58.